The van der Waals surface area contributed by atoms with Gasteiger partial charge >= 0.3 is 0 Å². The average Bonchev–Trinajstić information content (AvgIpc) is 2.63. The third-order valence-corrected chi connectivity index (χ3v) is 6.41. The summed E-state index contributed by atoms with van der Waals surface area (Å²) in [5, 5.41) is 3.96. The average molecular weight is 383 g/mol. The molecule has 0 unspecified atom stereocenters. The van der Waals surface area contributed by atoms with Crippen LogP contribution in [0.25, 0.3) is 0 Å². The molecule has 3 N–H and O–H groups in total. The Morgan fingerprint density at radius 2 is 1.96 bits per heavy atom. The second-order valence-electron chi connectivity index (χ2n) is 7.66. The zero-order chi connectivity index (χ0) is 18.6. The molecule has 1 aromatic carbocycles. The highest BCUT2D eigenvalue weighted by Crippen LogP contribution is 2.39. The normalized spacial score (nSPS) is 25.8. The van der Waals surface area contributed by atoms with Crippen molar-refractivity contribution in [2.45, 2.75) is 56.4 Å². The maximum Gasteiger partial charge on any atom is 0.237 e. The summed E-state index contributed by atoms with van der Waals surface area (Å²) >= 11 is 6.21. The van der Waals surface area contributed by atoms with Crippen LogP contribution in [-0.2, 0) is 9.53 Å². The van der Waals surface area contributed by atoms with E-state index in [0.29, 0.717) is 42.9 Å². The minimum Gasteiger partial charge on any atom is -0.381 e. The van der Waals surface area contributed by atoms with Gasteiger partial charge in [0.2, 0.25) is 5.91 Å². The van der Waals surface area contributed by atoms with Crippen molar-refractivity contribution in [3.63, 3.8) is 0 Å². The number of carbonyl (C=O) groups is 1. The van der Waals surface area contributed by atoms with E-state index < -0.39 is 5.54 Å². The van der Waals surface area contributed by atoms with E-state index >= 15 is 0 Å². The lowest BCUT2D eigenvalue weighted by molar-refractivity contribution is -0.128. The highest BCUT2D eigenvalue weighted by molar-refractivity contribution is 6.31. The molecule has 1 heterocycles. The molecule has 4 nitrogen and oxygen atoms in total. The molecular weight excluding hydrogens is 355 g/mol. The Morgan fingerprint density at radius 3 is 2.58 bits per heavy atom. The molecule has 1 aromatic rings. The van der Waals surface area contributed by atoms with E-state index in [9.17, 15) is 9.18 Å². The summed E-state index contributed by atoms with van der Waals surface area (Å²) in [6, 6.07) is 4.73. The smallest absolute Gasteiger partial charge is 0.237 e. The second-order valence-corrected chi connectivity index (χ2v) is 8.06. The van der Waals surface area contributed by atoms with Gasteiger partial charge in [-0.2, -0.15) is 0 Å². The van der Waals surface area contributed by atoms with Crippen LogP contribution in [0.2, 0.25) is 5.02 Å². The molecule has 6 heteroatoms. The third kappa shape index (κ3) is 4.56. The van der Waals surface area contributed by atoms with Crippen LogP contribution in [0.5, 0.6) is 0 Å². The van der Waals surface area contributed by atoms with Gasteiger partial charge in [0.25, 0.3) is 0 Å². The minimum absolute atomic E-state index is 0.268. The molecule has 2 aliphatic rings. The fourth-order valence-electron chi connectivity index (χ4n) is 4.34. The van der Waals surface area contributed by atoms with Gasteiger partial charge in [0, 0.05) is 18.2 Å². The number of primary amides is 1. The van der Waals surface area contributed by atoms with Gasteiger partial charge in [0.15, 0.2) is 0 Å². The van der Waals surface area contributed by atoms with Gasteiger partial charge in [0.1, 0.15) is 11.4 Å². The van der Waals surface area contributed by atoms with E-state index in [1.165, 1.54) is 12.1 Å². The van der Waals surface area contributed by atoms with Gasteiger partial charge in [0.05, 0.1) is 0 Å². The summed E-state index contributed by atoms with van der Waals surface area (Å²) < 4.78 is 18.6. The van der Waals surface area contributed by atoms with Crippen molar-refractivity contribution < 1.29 is 13.9 Å². The molecule has 26 heavy (non-hydrogen) atoms. The van der Waals surface area contributed by atoms with Crippen molar-refractivity contribution >= 4 is 17.5 Å². The summed E-state index contributed by atoms with van der Waals surface area (Å²) in [4.78, 5) is 11.9. The first-order chi connectivity index (χ1) is 12.5. The number of nitrogens with two attached hydrogens (primary N) is 1. The van der Waals surface area contributed by atoms with Gasteiger partial charge in [-0.15, -0.1) is 0 Å². The minimum atomic E-state index is -0.600. The highest BCUT2D eigenvalue weighted by Gasteiger charge is 2.38. The number of amides is 1. The SMILES string of the molecule is NC(=O)C1(NCCC2CCC(c3ccc(F)cc3Cl)CC2)CCOCC1. The Labute approximate surface area is 159 Å². The maximum absolute atomic E-state index is 13.2. The molecule has 1 amide bonds. The molecule has 1 aliphatic heterocycles. The number of rotatable bonds is 6. The van der Waals surface area contributed by atoms with Crippen molar-refractivity contribution in [3.8, 4) is 0 Å². The molecule has 144 valence electrons. The van der Waals surface area contributed by atoms with Gasteiger partial charge in [-0.3, -0.25) is 4.79 Å². The fraction of sp³-hybridized carbons (Fsp3) is 0.650. The van der Waals surface area contributed by atoms with Gasteiger partial charge in [-0.05, 0) is 81.0 Å². The van der Waals surface area contributed by atoms with E-state index in [1.54, 1.807) is 0 Å². The summed E-state index contributed by atoms with van der Waals surface area (Å²) in [5.41, 5.74) is 6.10. The largest absolute Gasteiger partial charge is 0.381 e. The monoisotopic (exact) mass is 382 g/mol. The molecular formula is C20H28ClFN2O2. The number of benzene rings is 1. The van der Waals surface area contributed by atoms with Crippen molar-refractivity contribution in [2.75, 3.05) is 19.8 Å². The molecule has 0 radical (unpaired) electrons. The topological polar surface area (TPSA) is 64.4 Å². The Balaban J connectivity index is 1.46. The number of nitrogens with one attached hydrogen (secondary N) is 1. The van der Waals surface area contributed by atoms with Crippen LogP contribution in [0.15, 0.2) is 18.2 Å². The first-order valence-corrected chi connectivity index (χ1v) is 9.95. The molecule has 3 rings (SSSR count). The van der Waals surface area contributed by atoms with Crippen LogP contribution < -0.4 is 11.1 Å². The molecule has 0 aromatic heterocycles. The first kappa shape index (κ1) is 19.6. The Kier molecular flexibility index (Phi) is 6.54. The lowest BCUT2D eigenvalue weighted by atomic mass is 9.77. The molecule has 0 atom stereocenters. The number of carbonyl (C=O) groups excluding carboxylic acids is 1. The Morgan fingerprint density at radius 1 is 1.27 bits per heavy atom. The quantitative estimate of drug-likeness (QED) is 0.787. The Hall–Kier alpha value is -1.17. The van der Waals surface area contributed by atoms with E-state index in [-0.39, 0.29) is 11.7 Å². The predicted octanol–water partition coefficient (Wildman–Crippen LogP) is 3.77. The summed E-state index contributed by atoms with van der Waals surface area (Å²) in [7, 11) is 0. The van der Waals surface area contributed by atoms with E-state index in [4.69, 9.17) is 22.1 Å². The third-order valence-electron chi connectivity index (χ3n) is 6.08. The van der Waals surface area contributed by atoms with Crippen LogP contribution in [0.4, 0.5) is 4.39 Å². The van der Waals surface area contributed by atoms with Gasteiger partial charge in [-0.1, -0.05) is 17.7 Å². The molecule has 0 spiro atoms. The number of ether oxygens (including phenoxy) is 1. The van der Waals surface area contributed by atoms with Crippen LogP contribution >= 0.6 is 11.6 Å². The van der Waals surface area contributed by atoms with Crippen molar-refractivity contribution in [1.82, 2.24) is 5.32 Å². The van der Waals surface area contributed by atoms with Crippen LogP contribution in [0.3, 0.4) is 0 Å². The van der Waals surface area contributed by atoms with Crippen molar-refractivity contribution in [3.05, 3.63) is 34.6 Å². The summed E-state index contributed by atoms with van der Waals surface area (Å²) in [6.45, 7) is 1.97. The predicted molar refractivity (Wildman–Crippen MR) is 101 cm³/mol. The van der Waals surface area contributed by atoms with Crippen molar-refractivity contribution in [2.24, 2.45) is 11.7 Å². The van der Waals surface area contributed by atoms with Gasteiger partial charge < -0.3 is 15.8 Å². The lowest BCUT2D eigenvalue weighted by Gasteiger charge is -2.36. The number of hydrogen-bond donors (Lipinski definition) is 2. The molecule has 1 saturated heterocycles. The number of halogens is 2. The molecule has 1 aliphatic carbocycles. The Bertz CT molecular complexity index is 626. The van der Waals surface area contributed by atoms with E-state index in [1.807, 2.05) is 6.07 Å². The zero-order valence-electron chi connectivity index (χ0n) is 15.1. The van der Waals surface area contributed by atoms with Crippen molar-refractivity contribution in [1.29, 1.82) is 0 Å². The highest BCUT2D eigenvalue weighted by atomic mass is 35.5. The molecule has 1 saturated carbocycles. The first-order valence-electron chi connectivity index (χ1n) is 9.58. The van der Waals surface area contributed by atoms with Crippen LogP contribution in [0.1, 0.15) is 56.4 Å². The lowest BCUT2D eigenvalue weighted by Crippen LogP contribution is -2.58. The van der Waals surface area contributed by atoms with Crippen LogP contribution in [0, 0.1) is 11.7 Å². The molecule has 0 bridgehead atoms. The van der Waals surface area contributed by atoms with Gasteiger partial charge in [-0.25, -0.2) is 4.39 Å². The fourth-order valence-corrected chi connectivity index (χ4v) is 4.66. The second kappa shape index (κ2) is 8.68. The van der Waals surface area contributed by atoms with E-state index in [0.717, 1.165) is 44.2 Å². The maximum atomic E-state index is 13.2. The van der Waals surface area contributed by atoms with Crippen LogP contribution in [-0.4, -0.2) is 31.2 Å². The summed E-state index contributed by atoms with van der Waals surface area (Å²) in [6.07, 6.45) is 6.76. The van der Waals surface area contributed by atoms with E-state index in [2.05, 4.69) is 5.32 Å². The summed E-state index contributed by atoms with van der Waals surface area (Å²) in [5.74, 6) is 0.507. The standard InChI is InChI=1S/C20H28ClFN2O2/c21-18-13-16(22)5-6-17(18)15-3-1-14(2-4-15)7-10-24-20(19(23)25)8-11-26-12-9-20/h5-6,13-15,24H,1-4,7-12H2,(H2,23,25). The number of hydrogen-bond acceptors (Lipinski definition) is 3. The molecule has 2 fully saturated rings. The zero-order valence-corrected chi connectivity index (χ0v) is 15.9.